The molecule has 2 aromatic heterocycles. The molecule has 0 fully saturated rings. The van der Waals surface area contributed by atoms with Crippen LogP contribution in [0.25, 0.3) is 16.9 Å². The molecule has 0 atom stereocenters. The highest BCUT2D eigenvalue weighted by atomic mass is 16.5. The average molecular weight is 281 g/mol. The number of nitrogens with zero attached hydrogens (tertiary/aromatic N) is 3. The summed E-state index contributed by atoms with van der Waals surface area (Å²) in [5.41, 5.74) is 3.09. The topological polar surface area (TPSA) is 56.0 Å². The van der Waals surface area contributed by atoms with Crippen LogP contribution in [0.1, 0.15) is 12.5 Å². The van der Waals surface area contributed by atoms with Crippen molar-refractivity contribution in [2.45, 2.75) is 13.8 Å². The second kappa shape index (κ2) is 5.36. The number of imidazole rings is 1. The Labute approximate surface area is 122 Å². The van der Waals surface area contributed by atoms with E-state index in [1.807, 2.05) is 50.2 Å². The summed E-state index contributed by atoms with van der Waals surface area (Å²) in [6.07, 6.45) is 1.78. The number of hydrogen-bond acceptors (Lipinski definition) is 4. The van der Waals surface area contributed by atoms with Crippen molar-refractivity contribution in [3.8, 4) is 17.0 Å². The fourth-order valence-corrected chi connectivity index (χ4v) is 2.36. The van der Waals surface area contributed by atoms with E-state index in [1.165, 1.54) is 0 Å². The van der Waals surface area contributed by atoms with Crippen LogP contribution < -0.4 is 4.74 Å². The molecule has 5 nitrogen and oxygen atoms in total. The summed E-state index contributed by atoms with van der Waals surface area (Å²) in [6.45, 7) is 4.46. The number of rotatable bonds is 4. The largest absolute Gasteiger partial charge is 0.493 e. The molecule has 2 heterocycles. The van der Waals surface area contributed by atoms with Crippen molar-refractivity contribution in [2.75, 3.05) is 6.61 Å². The highest BCUT2D eigenvalue weighted by molar-refractivity contribution is 5.79. The van der Waals surface area contributed by atoms with Gasteiger partial charge in [0.2, 0.25) is 5.82 Å². The maximum Gasteiger partial charge on any atom is 0.209 e. The zero-order chi connectivity index (χ0) is 14.8. The predicted molar refractivity (Wildman–Crippen MR) is 82.0 cm³/mol. The second-order valence-electron chi connectivity index (χ2n) is 4.74. The van der Waals surface area contributed by atoms with E-state index in [-0.39, 0.29) is 5.82 Å². The molecule has 0 saturated heterocycles. The molecular weight excluding hydrogens is 266 g/mol. The fraction of sp³-hybridized carbons (Fsp3) is 0.188. The molecule has 106 valence electrons. The number of fused-ring (bicyclic) bond motifs is 1. The number of nitroso groups, excluding NO2 is 1. The van der Waals surface area contributed by atoms with Crippen LogP contribution in [0, 0.1) is 11.8 Å². The standard InChI is InChI=1S/C16H15N3O2/c1-3-21-13-8-7-11(2)10-12(13)15-16(18-20)19-9-5-4-6-14(19)17-15/h4-10H,3H2,1-2H3. The van der Waals surface area contributed by atoms with Crippen LogP contribution in [0.3, 0.4) is 0 Å². The Hall–Kier alpha value is -2.69. The monoisotopic (exact) mass is 281 g/mol. The third kappa shape index (κ3) is 2.27. The minimum absolute atomic E-state index is 0.289. The third-order valence-electron chi connectivity index (χ3n) is 3.28. The lowest BCUT2D eigenvalue weighted by Crippen LogP contribution is -1.95. The number of benzene rings is 1. The third-order valence-corrected chi connectivity index (χ3v) is 3.28. The van der Waals surface area contributed by atoms with Gasteiger partial charge in [-0.25, -0.2) is 4.98 Å². The Bertz CT molecular complexity index is 808. The molecule has 0 aliphatic heterocycles. The number of ether oxygens (including phenoxy) is 1. The minimum Gasteiger partial charge on any atom is -0.493 e. The van der Waals surface area contributed by atoms with Gasteiger partial charge in [-0.15, -0.1) is 4.91 Å². The lowest BCUT2D eigenvalue weighted by Gasteiger charge is -2.09. The molecule has 0 aliphatic rings. The van der Waals surface area contributed by atoms with Crippen LogP contribution in [0.4, 0.5) is 5.82 Å². The normalized spacial score (nSPS) is 10.8. The Morgan fingerprint density at radius 3 is 2.90 bits per heavy atom. The number of aromatic nitrogens is 2. The highest BCUT2D eigenvalue weighted by Crippen LogP contribution is 2.37. The Morgan fingerprint density at radius 1 is 1.29 bits per heavy atom. The molecule has 1 aromatic carbocycles. The first-order valence-corrected chi connectivity index (χ1v) is 6.79. The van der Waals surface area contributed by atoms with Crippen LogP contribution in [0.5, 0.6) is 5.75 Å². The predicted octanol–water partition coefficient (Wildman–Crippen LogP) is 4.11. The summed E-state index contributed by atoms with van der Waals surface area (Å²) in [6, 6.07) is 11.4. The number of aryl methyl sites for hydroxylation is 1. The molecule has 3 rings (SSSR count). The maximum absolute atomic E-state index is 11.3. The van der Waals surface area contributed by atoms with Gasteiger partial charge in [0.1, 0.15) is 17.1 Å². The van der Waals surface area contributed by atoms with Gasteiger partial charge in [-0.3, -0.25) is 4.40 Å². The second-order valence-corrected chi connectivity index (χ2v) is 4.74. The van der Waals surface area contributed by atoms with Crippen molar-refractivity contribution in [1.82, 2.24) is 9.38 Å². The zero-order valence-electron chi connectivity index (χ0n) is 11.9. The molecule has 0 unspecified atom stereocenters. The van der Waals surface area contributed by atoms with E-state index in [1.54, 1.807) is 10.6 Å². The van der Waals surface area contributed by atoms with E-state index in [9.17, 15) is 4.91 Å². The minimum atomic E-state index is 0.289. The highest BCUT2D eigenvalue weighted by Gasteiger charge is 2.18. The van der Waals surface area contributed by atoms with Crippen molar-refractivity contribution in [3.63, 3.8) is 0 Å². The number of pyridine rings is 1. The molecule has 21 heavy (non-hydrogen) atoms. The van der Waals surface area contributed by atoms with E-state index < -0.39 is 0 Å². The molecule has 0 bridgehead atoms. The van der Waals surface area contributed by atoms with Gasteiger partial charge in [0, 0.05) is 11.8 Å². The summed E-state index contributed by atoms with van der Waals surface area (Å²) in [5, 5.41) is 3.16. The zero-order valence-corrected chi connectivity index (χ0v) is 11.9. The summed E-state index contributed by atoms with van der Waals surface area (Å²) >= 11 is 0. The summed E-state index contributed by atoms with van der Waals surface area (Å²) in [5.74, 6) is 0.994. The van der Waals surface area contributed by atoms with Crippen LogP contribution in [-0.4, -0.2) is 16.0 Å². The first-order chi connectivity index (χ1) is 10.2. The Morgan fingerprint density at radius 2 is 2.14 bits per heavy atom. The van der Waals surface area contributed by atoms with Crippen LogP contribution in [0.15, 0.2) is 47.8 Å². The lowest BCUT2D eigenvalue weighted by molar-refractivity contribution is 0.341. The molecule has 0 spiro atoms. The molecule has 3 aromatic rings. The summed E-state index contributed by atoms with van der Waals surface area (Å²) in [7, 11) is 0. The van der Waals surface area contributed by atoms with Crippen molar-refractivity contribution >= 4 is 11.5 Å². The van der Waals surface area contributed by atoms with E-state index >= 15 is 0 Å². The fourth-order valence-electron chi connectivity index (χ4n) is 2.36. The van der Waals surface area contributed by atoms with Crippen LogP contribution >= 0.6 is 0 Å². The van der Waals surface area contributed by atoms with Gasteiger partial charge in [0.15, 0.2) is 0 Å². The Kier molecular flexibility index (Phi) is 3.39. The quantitative estimate of drug-likeness (QED) is 0.676. The molecule has 5 heteroatoms. The average Bonchev–Trinajstić information content (AvgIpc) is 2.87. The van der Waals surface area contributed by atoms with Crippen LogP contribution in [0.2, 0.25) is 0 Å². The van der Waals surface area contributed by atoms with Crippen molar-refractivity contribution in [2.24, 2.45) is 5.18 Å². The smallest absolute Gasteiger partial charge is 0.209 e. The van der Waals surface area contributed by atoms with Crippen LogP contribution in [-0.2, 0) is 0 Å². The molecule has 0 aliphatic carbocycles. The maximum atomic E-state index is 11.3. The van der Waals surface area contributed by atoms with E-state index in [0.717, 1.165) is 11.1 Å². The molecule has 0 amide bonds. The van der Waals surface area contributed by atoms with Gasteiger partial charge >= 0.3 is 0 Å². The van der Waals surface area contributed by atoms with Crippen molar-refractivity contribution in [1.29, 1.82) is 0 Å². The number of hydrogen-bond donors (Lipinski definition) is 0. The van der Waals surface area contributed by atoms with Gasteiger partial charge in [-0.1, -0.05) is 17.7 Å². The SMILES string of the molecule is CCOc1ccc(C)cc1-c1nc2ccccn2c1N=O. The van der Waals surface area contributed by atoms with Gasteiger partial charge < -0.3 is 4.74 Å². The van der Waals surface area contributed by atoms with Crippen molar-refractivity contribution < 1.29 is 4.74 Å². The first-order valence-electron chi connectivity index (χ1n) is 6.79. The van der Waals surface area contributed by atoms with Gasteiger partial charge in [0.05, 0.1) is 6.61 Å². The van der Waals surface area contributed by atoms with Crippen molar-refractivity contribution in [3.05, 3.63) is 53.1 Å². The summed E-state index contributed by atoms with van der Waals surface area (Å²) < 4.78 is 7.33. The molecule has 0 saturated carbocycles. The van der Waals surface area contributed by atoms with E-state index in [4.69, 9.17) is 4.74 Å². The summed E-state index contributed by atoms with van der Waals surface area (Å²) in [4.78, 5) is 15.8. The first kappa shape index (κ1) is 13.3. The molecule has 0 N–H and O–H groups in total. The Balaban J connectivity index is 2.29. The molecule has 0 radical (unpaired) electrons. The van der Waals surface area contributed by atoms with E-state index in [0.29, 0.717) is 23.7 Å². The van der Waals surface area contributed by atoms with E-state index in [2.05, 4.69) is 10.2 Å². The molecular formula is C16H15N3O2. The van der Waals surface area contributed by atoms with Gasteiger partial charge in [-0.2, -0.15) is 0 Å². The lowest BCUT2D eigenvalue weighted by atomic mass is 10.1. The van der Waals surface area contributed by atoms with Gasteiger partial charge in [-0.05, 0) is 43.3 Å². The van der Waals surface area contributed by atoms with Gasteiger partial charge in [0.25, 0.3) is 0 Å².